The van der Waals surface area contributed by atoms with E-state index in [0.29, 0.717) is 18.6 Å². The molecule has 0 radical (unpaired) electrons. The van der Waals surface area contributed by atoms with Crippen LogP contribution in [0.3, 0.4) is 0 Å². The van der Waals surface area contributed by atoms with Crippen LogP contribution in [0.15, 0.2) is 18.2 Å². The number of benzene rings is 1. The van der Waals surface area contributed by atoms with Crippen molar-refractivity contribution in [2.75, 3.05) is 12.9 Å². The lowest BCUT2D eigenvalue weighted by atomic mass is 10.0. The molecule has 0 saturated carbocycles. The van der Waals surface area contributed by atoms with Crippen molar-refractivity contribution >= 4 is 41.3 Å². The van der Waals surface area contributed by atoms with E-state index in [1.807, 2.05) is 0 Å². The maximum Gasteiger partial charge on any atom is 0.326 e. The fraction of sp³-hybridized carbons (Fsp3) is 0.633. The van der Waals surface area contributed by atoms with Crippen molar-refractivity contribution in [3.8, 4) is 11.5 Å². The van der Waals surface area contributed by atoms with Gasteiger partial charge in [-0.05, 0) is 42.9 Å². The Morgan fingerprint density at radius 1 is 1.00 bits per heavy atom. The van der Waals surface area contributed by atoms with Crippen LogP contribution in [0.4, 0.5) is 0 Å². The number of carbonyl (C=O) groups excluding carboxylic acids is 3. The summed E-state index contributed by atoms with van der Waals surface area (Å²) in [6.07, 6.45) is 4.04. The Morgan fingerprint density at radius 3 is 2.28 bits per heavy atom. The summed E-state index contributed by atoms with van der Waals surface area (Å²) in [5.41, 5.74) is 6.69. The molecule has 0 heterocycles. The topological polar surface area (TPSA) is 205 Å². The van der Waals surface area contributed by atoms with Crippen LogP contribution in [0, 0.1) is 5.92 Å². The SMILES string of the molecule is CCCCCC(CC(=O)CCc1ccc(O)c(OC)c1)SCC(NC(=O)C(N)CCC(=O)O)C(=O)NC(C(=O)O)C(C)C. The second kappa shape index (κ2) is 19.8. The van der Waals surface area contributed by atoms with Crippen molar-refractivity contribution in [2.45, 2.75) is 102 Å². The highest BCUT2D eigenvalue weighted by Gasteiger charge is 2.30. The van der Waals surface area contributed by atoms with Gasteiger partial charge in [-0.3, -0.25) is 19.2 Å². The number of carboxylic acids is 2. The van der Waals surface area contributed by atoms with E-state index < -0.39 is 47.8 Å². The standard InChI is InChI=1S/C30H47N3O9S/c1-5-6-7-8-21(16-20(34)11-9-19-10-13-24(35)25(15-19)42-4)43-17-23(29(39)33-27(18(2)3)30(40)41)32-28(38)22(31)12-14-26(36)37/h10,13,15,18,21-23,27,35H,5-9,11-12,14,16-17,31H2,1-4H3,(H,32,38)(H,33,39)(H,36,37)(H,40,41). The highest BCUT2D eigenvalue weighted by Crippen LogP contribution is 2.28. The van der Waals surface area contributed by atoms with Gasteiger partial charge in [0, 0.05) is 30.3 Å². The van der Waals surface area contributed by atoms with E-state index in [0.717, 1.165) is 24.8 Å². The lowest BCUT2D eigenvalue weighted by Crippen LogP contribution is -2.56. The third kappa shape index (κ3) is 14.6. The number of methoxy groups -OCH3 is 1. The van der Waals surface area contributed by atoms with Crippen LogP contribution in [-0.2, 0) is 30.4 Å². The number of aryl methyl sites for hydroxylation is 1. The number of phenols is 1. The fourth-order valence-electron chi connectivity index (χ4n) is 4.26. The van der Waals surface area contributed by atoms with Gasteiger partial charge in [-0.1, -0.05) is 46.1 Å². The number of thioether (sulfide) groups is 1. The van der Waals surface area contributed by atoms with Crippen molar-refractivity contribution in [1.29, 1.82) is 0 Å². The maximum atomic E-state index is 13.2. The van der Waals surface area contributed by atoms with Crippen LogP contribution in [0.25, 0.3) is 0 Å². The van der Waals surface area contributed by atoms with Crippen LogP contribution in [0.2, 0.25) is 0 Å². The normalized spacial score (nSPS) is 13.9. The number of phenolic OH excluding ortho intramolecular Hbond substituents is 1. The number of Topliss-reactive ketones (excluding diaryl/α,β-unsaturated/α-hetero) is 1. The van der Waals surface area contributed by atoms with E-state index in [9.17, 15) is 34.2 Å². The fourth-order valence-corrected chi connectivity index (χ4v) is 5.59. The molecule has 43 heavy (non-hydrogen) atoms. The first kappa shape index (κ1) is 37.7. The number of rotatable bonds is 22. The first-order valence-corrected chi connectivity index (χ1v) is 15.6. The van der Waals surface area contributed by atoms with E-state index in [2.05, 4.69) is 17.6 Å². The van der Waals surface area contributed by atoms with Gasteiger partial charge in [0.25, 0.3) is 0 Å². The zero-order chi connectivity index (χ0) is 32.5. The molecular formula is C30H47N3O9S. The summed E-state index contributed by atoms with van der Waals surface area (Å²) < 4.78 is 5.13. The van der Waals surface area contributed by atoms with Crippen LogP contribution >= 0.6 is 11.8 Å². The molecule has 0 fully saturated rings. The monoisotopic (exact) mass is 625 g/mol. The minimum atomic E-state index is -1.21. The van der Waals surface area contributed by atoms with E-state index in [1.54, 1.807) is 26.0 Å². The molecule has 242 valence electrons. The first-order chi connectivity index (χ1) is 20.3. The number of aromatic hydroxyl groups is 1. The van der Waals surface area contributed by atoms with E-state index >= 15 is 0 Å². The van der Waals surface area contributed by atoms with Gasteiger partial charge in [-0.15, -0.1) is 0 Å². The molecule has 7 N–H and O–H groups in total. The molecule has 4 unspecified atom stereocenters. The summed E-state index contributed by atoms with van der Waals surface area (Å²) in [7, 11) is 1.45. The summed E-state index contributed by atoms with van der Waals surface area (Å²) in [5, 5.41) is 33.1. The first-order valence-electron chi connectivity index (χ1n) is 14.6. The van der Waals surface area contributed by atoms with Crippen LogP contribution in [-0.4, -0.2) is 81.1 Å². The Bertz CT molecular complexity index is 1080. The van der Waals surface area contributed by atoms with Crippen LogP contribution in [0.5, 0.6) is 11.5 Å². The van der Waals surface area contributed by atoms with Gasteiger partial charge >= 0.3 is 11.9 Å². The number of unbranched alkanes of at least 4 members (excludes halogenated alkanes) is 2. The summed E-state index contributed by atoms with van der Waals surface area (Å²) in [4.78, 5) is 61.5. The molecular weight excluding hydrogens is 578 g/mol. The number of carbonyl (C=O) groups is 5. The average Bonchev–Trinajstić information content (AvgIpc) is 2.95. The molecule has 13 heteroatoms. The number of hydrogen-bond acceptors (Lipinski definition) is 9. The van der Waals surface area contributed by atoms with Gasteiger partial charge in [0.2, 0.25) is 11.8 Å². The molecule has 4 atom stereocenters. The third-order valence-electron chi connectivity index (χ3n) is 6.89. The van der Waals surface area contributed by atoms with Crippen LogP contribution in [0.1, 0.15) is 77.7 Å². The Kier molecular flexibility index (Phi) is 17.4. The maximum absolute atomic E-state index is 13.2. The second-order valence-electron chi connectivity index (χ2n) is 10.9. The number of carboxylic acid groups (broad SMARTS) is 2. The van der Waals surface area contributed by atoms with E-state index in [1.165, 1.54) is 24.9 Å². The molecule has 0 spiro atoms. The van der Waals surface area contributed by atoms with Gasteiger partial charge in [-0.2, -0.15) is 11.8 Å². The molecule has 0 saturated heterocycles. The van der Waals surface area contributed by atoms with Crippen molar-refractivity contribution in [1.82, 2.24) is 10.6 Å². The Labute approximate surface area is 257 Å². The molecule has 0 aliphatic rings. The number of ketones is 1. The Hall–Kier alpha value is -3.32. The molecule has 0 aliphatic heterocycles. The largest absolute Gasteiger partial charge is 0.504 e. The molecule has 1 aromatic rings. The van der Waals surface area contributed by atoms with Gasteiger partial charge in [0.05, 0.1) is 13.2 Å². The number of aliphatic carboxylic acids is 2. The van der Waals surface area contributed by atoms with Crippen LogP contribution < -0.4 is 21.1 Å². The molecule has 0 aliphatic carbocycles. The summed E-state index contributed by atoms with van der Waals surface area (Å²) >= 11 is 1.35. The predicted octanol–water partition coefficient (Wildman–Crippen LogP) is 2.88. The summed E-state index contributed by atoms with van der Waals surface area (Å²) in [6, 6.07) is 1.43. The second-order valence-corrected chi connectivity index (χ2v) is 12.2. The number of nitrogens with one attached hydrogen (secondary N) is 2. The lowest BCUT2D eigenvalue weighted by Gasteiger charge is -2.25. The van der Waals surface area contributed by atoms with Crippen molar-refractivity contribution in [3.05, 3.63) is 23.8 Å². The van der Waals surface area contributed by atoms with Crippen molar-refractivity contribution < 1.29 is 44.0 Å². The third-order valence-corrected chi connectivity index (χ3v) is 8.29. The smallest absolute Gasteiger partial charge is 0.326 e. The minimum Gasteiger partial charge on any atom is -0.504 e. The number of hydrogen-bond donors (Lipinski definition) is 6. The molecule has 0 bridgehead atoms. The zero-order valence-corrected chi connectivity index (χ0v) is 26.3. The number of nitrogens with two attached hydrogens (primary N) is 1. The summed E-state index contributed by atoms with van der Waals surface area (Å²) in [5.74, 6) is -3.74. The summed E-state index contributed by atoms with van der Waals surface area (Å²) in [6.45, 7) is 5.36. The van der Waals surface area contributed by atoms with Crippen molar-refractivity contribution in [3.63, 3.8) is 0 Å². The molecule has 1 aromatic carbocycles. The van der Waals surface area contributed by atoms with Gasteiger partial charge < -0.3 is 36.4 Å². The Morgan fingerprint density at radius 2 is 1.70 bits per heavy atom. The highest BCUT2D eigenvalue weighted by molar-refractivity contribution is 8.00. The van der Waals surface area contributed by atoms with E-state index in [4.69, 9.17) is 15.6 Å². The average molecular weight is 626 g/mol. The Balaban J connectivity index is 3.00. The molecule has 2 amide bonds. The number of amides is 2. The molecule has 0 aromatic heterocycles. The quantitative estimate of drug-likeness (QED) is 0.103. The van der Waals surface area contributed by atoms with Gasteiger partial charge in [0.15, 0.2) is 11.5 Å². The highest BCUT2D eigenvalue weighted by atomic mass is 32.2. The molecule has 1 rings (SSSR count). The van der Waals surface area contributed by atoms with E-state index in [-0.39, 0.29) is 48.2 Å². The van der Waals surface area contributed by atoms with Crippen molar-refractivity contribution in [2.24, 2.45) is 11.7 Å². The van der Waals surface area contributed by atoms with Gasteiger partial charge in [-0.25, -0.2) is 4.79 Å². The minimum absolute atomic E-state index is 0.0153. The molecule has 12 nitrogen and oxygen atoms in total. The number of ether oxygens (including phenoxy) is 1. The zero-order valence-electron chi connectivity index (χ0n) is 25.5. The predicted molar refractivity (Wildman–Crippen MR) is 164 cm³/mol. The lowest BCUT2D eigenvalue weighted by molar-refractivity contribution is -0.143. The van der Waals surface area contributed by atoms with Gasteiger partial charge in [0.1, 0.15) is 17.9 Å².